The SMILES string of the molecule is CC(=O)N1CCc2[nH]c(=O)c(CC(C#N)NC(=O)[C@@H]3[C@H]4[C@H](CN3C(=O)[C@@H](NS(C)(=O)=O)C(C)(C)C)C4(C)C)cc2C1. The van der Waals surface area contributed by atoms with Crippen molar-refractivity contribution in [3.05, 3.63) is 33.2 Å². The van der Waals surface area contributed by atoms with Gasteiger partial charge in [-0.05, 0) is 34.3 Å². The fourth-order valence-electron chi connectivity index (χ4n) is 6.37. The first-order chi connectivity index (χ1) is 18.8. The van der Waals surface area contributed by atoms with Crippen LogP contribution in [0.4, 0.5) is 0 Å². The van der Waals surface area contributed by atoms with Crippen molar-refractivity contribution in [3.8, 4) is 6.07 Å². The van der Waals surface area contributed by atoms with Gasteiger partial charge in [-0.1, -0.05) is 34.6 Å². The zero-order valence-corrected chi connectivity index (χ0v) is 25.5. The van der Waals surface area contributed by atoms with Gasteiger partial charge in [-0.15, -0.1) is 0 Å². The largest absolute Gasteiger partial charge is 0.338 e. The first kappa shape index (κ1) is 30.7. The van der Waals surface area contributed by atoms with Gasteiger partial charge in [0, 0.05) is 50.7 Å². The van der Waals surface area contributed by atoms with E-state index in [1.807, 2.05) is 13.8 Å². The Morgan fingerprint density at radius 1 is 1.27 bits per heavy atom. The van der Waals surface area contributed by atoms with Crippen LogP contribution in [0.1, 0.15) is 58.4 Å². The lowest BCUT2D eigenvalue weighted by molar-refractivity contribution is -0.143. The van der Waals surface area contributed by atoms with E-state index in [2.05, 4.69) is 21.1 Å². The lowest BCUT2D eigenvalue weighted by atomic mass is 9.86. The smallest absolute Gasteiger partial charge is 0.251 e. The Bertz CT molecular complexity index is 1470. The van der Waals surface area contributed by atoms with Crippen LogP contribution in [-0.4, -0.2) is 78.4 Å². The average Bonchev–Trinajstić information content (AvgIpc) is 3.18. The number of rotatable bonds is 7. The normalized spacial score (nSPS) is 24.5. The zero-order valence-electron chi connectivity index (χ0n) is 24.7. The molecule has 0 spiro atoms. The maximum Gasteiger partial charge on any atom is 0.251 e. The lowest BCUT2D eigenvalue weighted by Crippen LogP contribution is -2.59. The van der Waals surface area contributed by atoms with Gasteiger partial charge < -0.3 is 20.1 Å². The van der Waals surface area contributed by atoms with Gasteiger partial charge in [0.15, 0.2) is 0 Å². The van der Waals surface area contributed by atoms with Crippen molar-refractivity contribution >= 4 is 27.7 Å². The molecule has 1 aromatic rings. The summed E-state index contributed by atoms with van der Waals surface area (Å²) in [6.45, 7) is 12.0. The minimum atomic E-state index is -3.72. The quantitative estimate of drug-likeness (QED) is 0.410. The maximum atomic E-state index is 13.7. The number of nitrogens with zero attached hydrogens (tertiary/aromatic N) is 3. The number of aromatic amines is 1. The summed E-state index contributed by atoms with van der Waals surface area (Å²) in [6, 6.07) is 0.756. The van der Waals surface area contributed by atoms with E-state index in [0.29, 0.717) is 31.6 Å². The van der Waals surface area contributed by atoms with E-state index in [9.17, 15) is 32.9 Å². The van der Waals surface area contributed by atoms with Gasteiger partial charge in [0.1, 0.15) is 18.1 Å². The molecule has 3 amide bonds. The molecule has 3 N–H and O–H groups in total. The second kappa shape index (κ2) is 10.5. The third-order valence-electron chi connectivity index (χ3n) is 8.83. The fraction of sp³-hybridized carbons (Fsp3) is 0.679. The van der Waals surface area contributed by atoms with E-state index < -0.39 is 45.4 Å². The lowest BCUT2D eigenvalue weighted by Gasteiger charge is -2.37. The number of likely N-dealkylation sites (tertiary alicyclic amines) is 1. The Balaban J connectivity index is 1.55. The summed E-state index contributed by atoms with van der Waals surface area (Å²) in [5, 5.41) is 12.7. The Morgan fingerprint density at radius 3 is 2.49 bits per heavy atom. The van der Waals surface area contributed by atoms with Crippen LogP contribution in [-0.2, 0) is 43.8 Å². The molecule has 2 fully saturated rings. The summed E-state index contributed by atoms with van der Waals surface area (Å²) in [7, 11) is -3.72. The molecule has 1 aliphatic carbocycles. The third-order valence-corrected chi connectivity index (χ3v) is 9.50. The topological polar surface area (TPSA) is 173 Å². The zero-order chi connectivity index (χ0) is 30.7. The van der Waals surface area contributed by atoms with Crippen LogP contribution < -0.4 is 15.6 Å². The van der Waals surface area contributed by atoms with E-state index in [-0.39, 0.29) is 35.1 Å². The monoisotopic (exact) mass is 588 g/mol. The van der Waals surface area contributed by atoms with Gasteiger partial charge in [-0.3, -0.25) is 19.2 Å². The molecule has 2 aliphatic heterocycles. The molecule has 1 saturated heterocycles. The second-order valence-electron chi connectivity index (χ2n) is 13.3. The Hall–Kier alpha value is -3.24. The summed E-state index contributed by atoms with van der Waals surface area (Å²) in [5.74, 6) is -1.14. The first-order valence-corrected chi connectivity index (χ1v) is 15.7. The maximum absolute atomic E-state index is 13.7. The van der Waals surface area contributed by atoms with E-state index in [1.165, 1.54) is 11.8 Å². The molecule has 0 aromatic carbocycles. The summed E-state index contributed by atoms with van der Waals surface area (Å²) < 4.78 is 26.6. The number of pyridine rings is 1. The van der Waals surface area contributed by atoms with Gasteiger partial charge in [-0.2, -0.15) is 5.26 Å². The number of amides is 3. The van der Waals surface area contributed by atoms with Crippen LogP contribution in [0.15, 0.2) is 10.9 Å². The van der Waals surface area contributed by atoms with E-state index in [1.54, 1.807) is 31.7 Å². The van der Waals surface area contributed by atoms with Crippen molar-refractivity contribution in [2.45, 2.75) is 79.1 Å². The number of hydrogen-bond donors (Lipinski definition) is 3. The van der Waals surface area contributed by atoms with Crippen molar-refractivity contribution in [1.29, 1.82) is 5.26 Å². The van der Waals surface area contributed by atoms with Crippen LogP contribution in [0, 0.1) is 34.0 Å². The average molecular weight is 589 g/mol. The standard InChI is InChI=1S/C28H40N6O6S/c1-15(35)33-9-8-20-17(13-33)10-16(24(36)31-20)11-18(12-29)30-25(37)22-21-19(28(21,5)6)14-34(22)26(38)23(27(2,3)4)32-41(7,39)40/h10,18-19,21-23,32H,8-9,11,13-14H2,1-7H3,(H,30,37)(H,31,36)/t18?,19-,21+,22-,23+/m0/s1. The Labute approximate surface area is 240 Å². The number of piperidine rings is 1. The number of hydrogen-bond acceptors (Lipinski definition) is 7. The summed E-state index contributed by atoms with van der Waals surface area (Å²) in [5.41, 5.74) is 0.563. The van der Waals surface area contributed by atoms with Gasteiger partial charge in [-0.25, -0.2) is 13.1 Å². The molecule has 1 saturated carbocycles. The molecule has 0 radical (unpaired) electrons. The number of carbonyl (C=O) groups excluding carboxylic acids is 3. The van der Waals surface area contributed by atoms with Crippen LogP contribution >= 0.6 is 0 Å². The fourth-order valence-corrected chi connectivity index (χ4v) is 7.26. The summed E-state index contributed by atoms with van der Waals surface area (Å²) >= 11 is 0. The van der Waals surface area contributed by atoms with Crippen LogP contribution in [0.3, 0.4) is 0 Å². The molecule has 13 heteroatoms. The number of nitrogens with one attached hydrogen (secondary N) is 3. The van der Waals surface area contributed by atoms with Crippen LogP contribution in [0.2, 0.25) is 0 Å². The first-order valence-electron chi connectivity index (χ1n) is 13.8. The molecule has 3 heterocycles. The molecule has 1 aromatic heterocycles. The van der Waals surface area contributed by atoms with Crippen molar-refractivity contribution in [1.82, 2.24) is 24.8 Å². The molecular formula is C28H40N6O6S. The van der Waals surface area contributed by atoms with Crippen LogP contribution in [0.5, 0.6) is 0 Å². The number of fused-ring (bicyclic) bond motifs is 2. The third kappa shape index (κ3) is 6.18. The van der Waals surface area contributed by atoms with Crippen molar-refractivity contribution in [2.75, 3.05) is 19.3 Å². The summed E-state index contributed by atoms with van der Waals surface area (Å²) in [4.78, 5) is 58.1. The molecule has 12 nitrogen and oxygen atoms in total. The van der Waals surface area contributed by atoms with Gasteiger partial charge in [0.2, 0.25) is 27.7 Å². The molecule has 5 atom stereocenters. The molecule has 41 heavy (non-hydrogen) atoms. The minimum absolute atomic E-state index is 0.0523. The number of carbonyl (C=O) groups is 3. The van der Waals surface area contributed by atoms with Gasteiger partial charge >= 0.3 is 0 Å². The Morgan fingerprint density at radius 2 is 1.93 bits per heavy atom. The highest BCUT2D eigenvalue weighted by Crippen LogP contribution is 2.65. The molecule has 4 rings (SSSR count). The predicted octanol–water partition coefficient (Wildman–Crippen LogP) is 0.277. The minimum Gasteiger partial charge on any atom is -0.338 e. The van der Waals surface area contributed by atoms with Crippen LogP contribution in [0.25, 0.3) is 0 Å². The summed E-state index contributed by atoms with van der Waals surface area (Å²) in [6.07, 6.45) is 1.46. The highest BCUT2D eigenvalue weighted by Gasteiger charge is 2.69. The number of nitriles is 1. The number of H-pyrrole nitrogens is 1. The second-order valence-corrected chi connectivity index (χ2v) is 15.1. The number of sulfonamides is 1. The van der Waals surface area contributed by atoms with Crippen molar-refractivity contribution in [3.63, 3.8) is 0 Å². The van der Waals surface area contributed by atoms with Crippen molar-refractivity contribution < 1.29 is 22.8 Å². The molecule has 0 bridgehead atoms. The molecule has 3 aliphatic rings. The number of aromatic nitrogens is 1. The van der Waals surface area contributed by atoms with Crippen molar-refractivity contribution in [2.24, 2.45) is 22.7 Å². The predicted molar refractivity (Wildman–Crippen MR) is 151 cm³/mol. The molecule has 1 unspecified atom stereocenters. The van der Waals surface area contributed by atoms with E-state index in [4.69, 9.17) is 0 Å². The van der Waals surface area contributed by atoms with E-state index >= 15 is 0 Å². The molecular weight excluding hydrogens is 548 g/mol. The highest BCUT2D eigenvalue weighted by molar-refractivity contribution is 7.88. The highest BCUT2D eigenvalue weighted by atomic mass is 32.2. The Kier molecular flexibility index (Phi) is 7.90. The van der Waals surface area contributed by atoms with E-state index in [0.717, 1.165) is 17.5 Å². The van der Waals surface area contributed by atoms with Gasteiger partial charge in [0.05, 0.1) is 12.3 Å². The molecule has 224 valence electrons. The van der Waals surface area contributed by atoms with Gasteiger partial charge in [0.25, 0.3) is 5.56 Å².